The molecular weight excluding hydrogens is 242 g/mol. The van der Waals surface area contributed by atoms with Gasteiger partial charge in [-0.05, 0) is 20.8 Å². The maximum Gasteiger partial charge on any atom is 0.222 e. The van der Waals surface area contributed by atoms with Gasteiger partial charge in [-0.3, -0.25) is 0 Å². The summed E-state index contributed by atoms with van der Waals surface area (Å²) in [5.74, 6) is 1.20. The van der Waals surface area contributed by atoms with Crippen LogP contribution in [0, 0.1) is 0 Å². The van der Waals surface area contributed by atoms with Crippen LogP contribution in [0.4, 0.5) is 11.8 Å². The number of hydrogen-bond acceptors (Lipinski definition) is 6. The predicted molar refractivity (Wildman–Crippen MR) is 76.1 cm³/mol. The van der Waals surface area contributed by atoms with Gasteiger partial charge in [-0.25, -0.2) is 4.98 Å². The Balaban J connectivity index is 2.10. The van der Waals surface area contributed by atoms with Crippen molar-refractivity contribution in [3.8, 4) is 0 Å². The van der Waals surface area contributed by atoms with Gasteiger partial charge < -0.3 is 20.7 Å². The normalized spacial score (nSPS) is 16.7. The van der Waals surface area contributed by atoms with Gasteiger partial charge in [-0.2, -0.15) is 4.98 Å². The lowest BCUT2D eigenvalue weighted by atomic mass is 10.2. The molecule has 1 aliphatic heterocycles. The van der Waals surface area contributed by atoms with Crippen molar-refractivity contribution in [3.05, 3.63) is 11.8 Å². The molecule has 0 aromatic carbocycles. The van der Waals surface area contributed by atoms with Crippen molar-refractivity contribution in [1.82, 2.24) is 15.3 Å². The number of nitrogens with zero attached hydrogens (tertiary/aromatic N) is 3. The van der Waals surface area contributed by atoms with E-state index in [2.05, 4.69) is 20.2 Å². The lowest BCUT2D eigenvalue weighted by Gasteiger charge is -2.28. The van der Waals surface area contributed by atoms with Crippen molar-refractivity contribution >= 4 is 11.8 Å². The lowest BCUT2D eigenvalue weighted by molar-refractivity contribution is -0.0164. The van der Waals surface area contributed by atoms with Crippen LogP contribution in [0.1, 0.15) is 26.5 Å². The minimum Gasteiger partial charge on any atom is -0.370 e. The zero-order chi connectivity index (χ0) is 13.9. The molecule has 0 unspecified atom stereocenters. The second-order valence-corrected chi connectivity index (χ2v) is 5.71. The molecule has 1 aliphatic rings. The fourth-order valence-corrected chi connectivity index (χ4v) is 1.92. The molecule has 6 nitrogen and oxygen atoms in total. The van der Waals surface area contributed by atoms with Crippen molar-refractivity contribution in [3.63, 3.8) is 0 Å². The highest BCUT2D eigenvalue weighted by atomic mass is 16.5. The van der Waals surface area contributed by atoms with E-state index in [0.29, 0.717) is 12.6 Å². The third kappa shape index (κ3) is 4.33. The van der Waals surface area contributed by atoms with Crippen LogP contribution in [0.3, 0.4) is 0 Å². The van der Waals surface area contributed by atoms with E-state index in [1.165, 1.54) is 0 Å². The third-order valence-electron chi connectivity index (χ3n) is 2.88. The molecule has 2 rings (SSSR count). The fraction of sp³-hybridized carbons (Fsp3) is 0.692. The standard InChI is InChI=1S/C13H23N5O/c1-13(2,3)19-9-10-8-11(17-12(14)16-10)18-6-4-15-5-7-18/h8,15H,4-7,9H2,1-3H3,(H2,14,16,17). The summed E-state index contributed by atoms with van der Waals surface area (Å²) in [7, 11) is 0. The van der Waals surface area contributed by atoms with E-state index in [4.69, 9.17) is 10.5 Å². The summed E-state index contributed by atoms with van der Waals surface area (Å²) in [6.07, 6.45) is 0. The molecule has 1 saturated heterocycles. The van der Waals surface area contributed by atoms with Crippen LogP contribution < -0.4 is 16.0 Å². The van der Waals surface area contributed by atoms with E-state index in [-0.39, 0.29) is 5.60 Å². The average molecular weight is 265 g/mol. The number of hydrogen-bond donors (Lipinski definition) is 2. The van der Waals surface area contributed by atoms with Crippen molar-refractivity contribution in [2.75, 3.05) is 36.8 Å². The van der Waals surface area contributed by atoms with Crippen LogP contribution in [0.25, 0.3) is 0 Å². The Bertz CT molecular complexity index is 424. The second kappa shape index (κ2) is 5.71. The van der Waals surface area contributed by atoms with Gasteiger partial charge in [0, 0.05) is 32.2 Å². The van der Waals surface area contributed by atoms with Gasteiger partial charge in [0.1, 0.15) is 5.82 Å². The maximum atomic E-state index is 5.79. The van der Waals surface area contributed by atoms with Crippen LogP contribution in [-0.2, 0) is 11.3 Å². The first-order chi connectivity index (χ1) is 8.94. The summed E-state index contributed by atoms with van der Waals surface area (Å²) in [6.45, 7) is 10.3. The summed E-state index contributed by atoms with van der Waals surface area (Å²) in [5, 5.41) is 3.32. The van der Waals surface area contributed by atoms with Crippen LogP contribution in [0.15, 0.2) is 6.07 Å². The van der Waals surface area contributed by atoms with Gasteiger partial charge in [0.05, 0.1) is 17.9 Å². The molecule has 3 N–H and O–H groups in total. The highest BCUT2D eigenvalue weighted by molar-refractivity contribution is 5.43. The smallest absolute Gasteiger partial charge is 0.222 e. The number of ether oxygens (including phenoxy) is 1. The quantitative estimate of drug-likeness (QED) is 0.841. The van der Waals surface area contributed by atoms with Gasteiger partial charge >= 0.3 is 0 Å². The van der Waals surface area contributed by atoms with Crippen molar-refractivity contribution in [2.45, 2.75) is 33.0 Å². The highest BCUT2D eigenvalue weighted by Gasteiger charge is 2.15. The zero-order valence-corrected chi connectivity index (χ0v) is 11.9. The van der Waals surface area contributed by atoms with Gasteiger partial charge in [0.15, 0.2) is 0 Å². The Labute approximate surface area is 114 Å². The summed E-state index contributed by atoms with van der Waals surface area (Å²) < 4.78 is 5.74. The molecular formula is C13H23N5O. The number of rotatable bonds is 3. The van der Waals surface area contributed by atoms with Crippen molar-refractivity contribution in [2.24, 2.45) is 0 Å². The Morgan fingerprint density at radius 2 is 2.00 bits per heavy atom. The maximum absolute atomic E-state index is 5.79. The minimum atomic E-state index is -0.186. The Morgan fingerprint density at radius 1 is 1.32 bits per heavy atom. The van der Waals surface area contributed by atoms with E-state index in [0.717, 1.165) is 37.7 Å². The van der Waals surface area contributed by atoms with Crippen LogP contribution in [0.5, 0.6) is 0 Å². The lowest BCUT2D eigenvalue weighted by Crippen LogP contribution is -2.44. The molecule has 1 aromatic heterocycles. The van der Waals surface area contributed by atoms with E-state index in [1.807, 2.05) is 26.8 Å². The largest absolute Gasteiger partial charge is 0.370 e. The number of anilines is 2. The van der Waals surface area contributed by atoms with Gasteiger partial charge in [0.2, 0.25) is 5.95 Å². The minimum absolute atomic E-state index is 0.186. The SMILES string of the molecule is CC(C)(C)OCc1cc(N2CCNCC2)nc(N)n1. The molecule has 0 atom stereocenters. The van der Waals surface area contributed by atoms with Crippen LogP contribution in [-0.4, -0.2) is 41.7 Å². The first-order valence-corrected chi connectivity index (χ1v) is 6.67. The molecule has 6 heteroatoms. The van der Waals surface area contributed by atoms with Gasteiger partial charge in [-0.1, -0.05) is 0 Å². The predicted octanol–water partition coefficient (Wildman–Crippen LogP) is 0.783. The summed E-state index contributed by atoms with van der Waals surface area (Å²) in [5.41, 5.74) is 6.43. The van der Waals surface area contributed by atoms with E-state index < -0.39 is 0 Å². The third-order valence-corrected chi connectivity index (χ3v) is 2.88. The monoisotopic (exact) mass is 265 g/mol. The Kier molecular flexibility index (Phi) is 4.21. The molecule has 0 aliphatic carbocycles. The molecule has 0 bridgehead atoms. The Hall–Kier alpha value is -1.40. The molecule has 1 aromatic rings. The van der Waals surface area contributed by atoms with E-state index in [1.54, 1.807) is 0 Å². The summed E-state index contributed by atoms with van der Waals surface area (Å²) in [4.78, 5) is 10.8. The zero-order valence-electron chi connectivity index (χ0n) is 11.9. The van der Waals surface area contributed by atoms with E-state index >= 15 is 0 Å². The van der Waals surface area contributed by atoms with Gasteiger partial charge in [-0.15, -0.1) is 0 Å². The molecule has 0 saturated carbocycles. The molecule has 0 amide bonds. The fourth-order valence-electron chi connectivity index (χ4n) is 1.92. The number of nitrogen functional groups attached to an aromatic ring is 1. The molecule has 0 spiro atoms. The first kappa shape index (κ1) is 14.0. The summed E-state index contributed by atoms with van der Waals surface area (Å²) in [6, 6.07) is 1.97. The number of nitrogens with two attached hydrogens (primary N) is 1. The molecule has 1 fully saturated rings. The molecule has 106 valence electrons. The molecule has 0 radical (unpaired) electrons. The topological polar surface area (TPSA) is 76.3 Å². The van der Waals surface area contributed by atoms with E-state index in [9.17, 15) is 0 Å². The van der Waals surface area contributed by atoms with Crippen LogP contribution >= 0.6 is 0 Å². The number of nitrogens with one attached hydrogen (secondary N) is 1. The number of piperazine rings is 1. The molecule has 2 heterocycles. The highest BCUT2D eigenvalue weighted by Crippen LogP contribution is 2.17. The molecule has 19 heavy (non-hydrogen) atoms. The second-order valence-electron chi connectivity index (χ2n) is 5.71. The van der Waals surface area contributed by atoms with Crippen molar-refractivity contribution < 1.29 is 4.74 Å². The van der Waals surface area contributed by atoms with Crippen molar-refractivity contribution in [1.29, 1.82) is 0 Å². The first-order valence-electron chi connectivity index (χ1n) is 6.67. The summed E-state index contributed by atoms with van der Waals surface area (Å²) >= 11 is 0. The van der Waals surface area contributed by atoms with Gasteiger partial charge in [0.25, 0.3) is 0 Å². The number of aromatic nitrogens is 2. The Morgan fingerprint density at radius 3 is 2.63 bits per heavy atom. The van der Waals surface area contributed by atoms with Crippen LogP contribution in [0.2, 0.25) is 0 Å². The average Bonchev–Trinajstić information content (AvgIpc) is 2.36.